The van der Waals surface area contributed by atoms with Gasteiger partial charge in [-0.05, 0) is 6.07 Å². The molecule has 0 aliphatic carbocycles. The van der Waals surface area contributed by atoms with Crippen LogP contribution in [0.15, 0.2) is 30.5 Å². The van der Waals surface area contributed by atoms with Gasteiger partial charge in [-0.25, -0.2) is 4.98 Å². The van der Waals surface area contributed by atoms with Gasteiger partial charge in [0.2, 0.25) is 5.75 Å². The standard InChI is InChI=1S/C14H17N3O3/c1-18-11-6-10(7-12(19-2)14(11)20-3)17-9-4-5-16-13(15)8-9/h4-8H,1-3H3,(H3,15,16,17). The number of nitrogen functional groups attached to an aromatic ring is 1. The van der Waals surface area contributed by atoms with Gasteiger partial charge in [0, 0.05) is 35.8 Å². The molecule has 0 aliphatic heterocycles. The van der Waals surface area contributed by atoms with Gasteiger partial charge < -0.3 is 25.3 Å². The minimum absolute atomic E-state index is 0.447. The van der Waals surface area contributed by atoms with Gasteiger partial charge in [0.15, 0.2) is 11.5 Å². The van der Waals surface area contributed by atoms with E-state index >= 15 is 0 Å². The number of nitrogens with zero attached hydrogens (tertiary/aromatic N) is 1. The molecule has 2 aromatic rings. The number of aromatic nitrogens is 1. The molecule has 3 N–H and O–H groups in total. The Balaban J connectivity index is 2.37. The molecule has 2 rings (SSSR count). The Kier molecular flexibility index (Phi) is 4.14. The third-order valence-electron chi connectivity index (χ3n) is 2.73. The first-order valence-electron chi connectivity index (χ1n) is 5.96. The number of benzene rings is 1. The molecule has 0 atom stereocenters. The quantitative estimate of drug-likeness (QED) is 0.872. The fraction of sp³-hybridized carbons (Fsp3) is 0.214. The van der Waals surface area contributed by atoms with E-state index in [-0.39, 0.29) is 0 Å². The predicted octanol–water partition coefficient (Wildman–Crippen LogP) is 2.43. The lowest BCUT2D eigenvalue weighted by Gasteiger charge is -2.15. The smallest absolute Gasteiger partial charge is 0.203 e. The summed E-state index contributed by atoms with van der Waals surface area (Å²) < 4.78 is 15.9. The number of methoxy groups -OCH3 is 3. The minimum atomic E-state index is 0.447. The largest absolute Gasteiger partial charge is 0.493 e. The van der Waals surface area contributed by atoms with E-state index in [2.05, 4.69) is 10.3 Å². The summed E-state index contributed by atoms with van der Waals surface area (Å²) in [5, 5.41) is 3.21. The summed E-state index contributed by atoms with van der Waals surface area (Å²) in [5.74, 6) is 2.16. The summed E-state index contributed by atoms with van der Waals surface area (Å²) in [5.41, 5.74) is 7.27. The summed E-state index contributed by atoms with van der Waals surface area (Å²) in [6.45, 7) is 0. The molecule has 1 aromatic carbocycles. The zero-order chi connectivity index (χ0) is 14.5. The Morgan fingerprint density at radius 1 is 0.950 bits per heavy atom. The average Bonchev–Trinajstić information content (AvgIpc) is 2.46. The lowest BCUT2D eigenvalue weighted by Crippen LogP contribution is -1.98. The van der Waals surface area contributed by atoms with E-state index in [1.165, 1.54) is 0 Å². The van der Waals surface area contributed by atoms with Crippen molar-refractivity contribution in [3.05, 3.63) is 30.5 Å². The van der Waals surface area contributed by atoms with Gasteiger partial charge in [-0.15, -0.1) is 0 Å². The maximum absolute atomic E-state index is 5.65. The third kappa shape index (κ3) is 2.85. The maximum atomic E-state index is 5.65. The summed E-state index contributed by atoms with van der Waals surface area (Å²) in [6.07, 6.45) is 1.63. The molecule has 20 heavy (non-hydrogen) atoms. The SMILES string of the molecule is COc1cc(Nc2ccnc(N)c2)cc(OC)c1OC. The molecule has 1 aromatic heterocycles. The summed E-state index contributed by atoms with van der Waals surface area (Å²) in [4.78, 5) is 3.94. The minimum Gasteiger partial charge on any atom is -0.493 e. The van der Waals surface area contributed by atoms with Gasteiger partial charge in [-0.1, -0.05) is 0 Å². The van der Waals surface area contributed by atoms with Crippen LogP contribution in [-0.4, -0.2) is 26.3 Å². The average molecular weight is 275 g/mol. The predicted molar refractivity (Wildman–Crippen MR) is 78.0 cm³/mol. The van der Waals surface area contributed by atoms with Gasteiger partial charge in [-0.2, -0.15) is 0 Å². The van der Waals surface area contributed by atoms with Crippen molar-refractivity contribution in [2.75, 3.05) is 32.4 Å². The Morgan fingerprint density at radius 2 is 1.60 bits per heavy atom. The van der Waals surface area contributed by atoms with Crippen LogP contribution in [0.25, 0.3) is 0 Å². The molecule has 0 saturated carbocycles. The number of nitrogens with one attached hydrogen (secondary N) is 1. The van der Waals surface area contributed by atoms with Crippen LogP contribution in [0.5, 0.6) is 17.2 Å². The molecule has 6 nitrogen and oxygen atoms in total. The maximum Gasteiger partial charge on any atom is 0.203 e. The number of nitrogens with two attached hydrogens (primary N) is 1. The summed E-state index contributed by atoms with van der Waals surface area (Å²) >= 11 is 0. The lowest BCUT2D eigenvalue weighted by atomic mass is 10.2. The number of rotatable bonds is 5. The second-order valence-electron chi connectivity index (χ2n) is 4.01. The van der Waals surface area contributed by atoms with E-state index in [9.17, 15) is 0 Å². The first kappa shape index (κ1) is 13.8. The van der Waals surface area contributed by atoms with Crippen molar-refractivity contribution in [3.63, 3.8) is 0 Å². The van der Waals surface area contributed by atoms with E-state index in [1.54, 1.807) is 33.6 Å². The van der Waals surface area contributed by atoms with Crippen LogP contribution in [0.1, 0.15) is 0 Å². The van der Waals surface area contributed by atoms with E-state index in [0.717, 1.165) is 11.4 Å². The molecular formula is C14H17N3O3. The van der Waals surface area contributed by atoms with Crippen LogP contribution in [0.2, 0.25) is 0 Å². The van der Waals surface area contributed by atoms with Crippen LogP contribution in [-0.2, 0) is 0 Å². The Morgan fingerprint density at radius 3 is 2.10 bits per heavy atom. The van der Waals surface area contributed by atoms with Crippen molar-refractivity contribution in [3.8, 4) is 17.2 Å². The number of hydrogen-bond donors (Lipinski definition) is 2. The molecule has 0 aliphatic rings. The number of hydrogen-bond acceptors (Lipinski definition) is 6. The van der Waals surface area contributed by atoms with E-state index in [4.69, 9.17) is 19.9 Å². The monoisotopic (exact) mass is 275 g/mol. The first-order valence-corrected chi connectivity index (χ1v) is 5.96. The second kappa shape index (κ2) is 6.01. The zero-order valence-electron chi connectivity index (χ0n) is 11.6. The number of pyridine rings is 1. The van der Waals surface area contributed by atoms with Crippen LogP contribution >= 0.6 is 0 Å². The van der Waals surface area contributed by atoms with Crippen molar-refractivity contribution in [1.82, 2.24) is 4.98 Å². The fourth-order valence-corrected chi connectivity index (χ4v) is 1.85. The first-order chi connectivity index (χ1) is 9.67. The van der Waals surface area contributed by atoms with Crippen molar-refractivity contribution in [2.45, 2.75) is 0 Å². The Labute approximate surface area is 117 Å². The second-order valence-corrected chi connectivity index (χ2v) is 4.01. The molecule has 0 amide bonds. The van der Waals surface area contributed by atoms with Gasteiger partial charge >= 0.3 is 0 Å². The molecule has 0 spiro atoms. The highest BCUT2D eigenvalue weighted by molar-refractivity contribution is 5.68. The van der Waals surface area contributed by atoms with Crippen molar-refractivity contribution in [1.29, 1.82) is 0 Å². The normalized spacial score (nSPS) is 9.95. The fourth-order valence-electron chi connectivity index (χ4n) is 1.85. The van der Waals surface area contributed by atoms with E-state index in [0.29, 0.717) is 23.1 Å². The topological polar surface area (TPSA) is 78.6 Å². The highest BCUT2D eigenvalue weighted by Gasteiger charge is 2.13. The van der Waals surface area contributed by atoms with Crippen LogP contribution in [0, 0.1) is 0 Å². The number of ether oxygens (including phenoxy) is 3. The molecule has 6 heteroatoms. The van der Waals surface area contributed by atoms with Gasteiger partial charge in [0.25, 0.3) is 0 Å². The van der Waals surface area contributed by atoms with Gasteiger partial charge in [0.1, 0.15) is 5.82 Å². The Hall–Kier alpha value is -2.63. The van der Waals surface area contributed by atoms with E-state index in [1.807, 2.05) is 18.2 Å². The van der Waals surface area contributed by atoms with Crippen molar-refractivity contribution in [2.24, 2.45) is 0 Å². The molecular weight excluding hydrogens is 258 g/mol. The molecule has 0 fully saturated rings. The van der Waals surface area contributed by atoms with Crippen molar-refractivity contribution >= 4 is 17.2 Å². The molecule has 1 heterocycles. The molecule has 0 unspecified atom stereocenters. The molecule has 0 radical (unpaired) electrons. The zero-order valence-corrected chi connectivity index (χ0v) is 11.6. The highest BCUT2D eigenvalue weighted by atomic mass is 16.5. The van der Waals surface area contributed by atoms with E-state index < -0.39 is 0 Å². The summed E-state index contributed by atoms with van der Waals surface area (Å²) in [7, 11) is 4.72. The molecule has 0 saturated heterocycles. The van der Waals surface area contributed by atoms with Crippen LogP contribution in [0.3, 0.4) is 0 Å². The Bertz CT molecular complexity index is 577. The number of anilines is 3. The lowest BCUT2D eigenvalue weighted by molar-refractivity contribution is 0.324. The molecule has 0 bridgehead atoms. The third-order valence-corrected chi connectivity index (χ3v) is 2.73. The summed E-state index contributed by atoms with van der Waals surface area (Å²) in [6, 6.07) is 7.19. The van der Waals surface area contributed by atoms with Crippen LogP contribution in [0.4, 0.5) is 17.2 Å². The van der Waals surface area contributed by atoms with Crippen LogP contribution < -0.4 is 25.3 Å². The highest BCUT2D eigenvalue weighted by Crippen LogP contribution is 2.40. The van der Waals surface area contributed by atoms with Gasteiger partial charge in [-0.3, -0.25) is 0 Å². The van der Waals surface area contributed by atoms with Gasteiger partial charge in [0.05, 0.1) is 21.3 Å². The molecule has 106 valence electrons. The van der Waals surface area contributed by atoms with Crippen molar-refractivity contribution < 1.29 is 14.2 Å².